The van der Waals surface area contributed by atoms with Crippen molar-refractivity contribution in [3.05, 3.63) is 11.3 Å². The third-order valence-electron chi connectivity index (χ3n) is 2.34. The van der Waals surface area contributed by atoms with Gasteiger partial charge in [0.25, 0.3) is 0 Å². The van der Waals surface area contributed by atoms with Gasteiger partial charge in [-0.05, 0) is 6.42 Å². The number of carbonyl (C=O) groups excluding carboxylic acids is 1. The Hall–Kier alpha value is -1.50. The molecule has 1 atom stereocenters. The van der Waals surface area contributed by atoms with E-state index >= 15 is 0 Å². The highest BCUT2D eigenvalue weighted by Crippen LogP contribution is 2.22. The largest absolute Gasteiger partial charge is 0.399 e. The topological polar surface area (TPSA) is 70.1 Å². The summed E-state index contributed by atoms with van der Waals surface area (Å²) in [6.07, 6.45) is 0.761. The molecule has 1 heterocycles. The van der Waals surface area contributed by atoms with Crippen LogP contribution in [0.4, 0.5) is 0 Å². The van der Waals surface area contributed by atoms with Gasteiger partial charge >= 0.3 is 0 Å². The van der Waals surface area contributed by atoms with Gasteiger partial charge in [-0.25, -0.2) is 0 Å². The molecule has 1 aliphatic rings. The number of carbonyl (C=O) groups is 1. The van der Waals surface area contributed by atoms with Crippen molar-refractivity contribution in [3.8, 4) is 6.07 Å². The van der Waals surface area contributed by atoms with Crippen LogP contribution in [0.3, 0.4) is 0 Å². The molecule has 4 heteroatoms. The van der Waals surface area contributed by atoms with Gasteiger partial charge in [0.05, 0.1) is 24.2 Å². The van der Waals surface area contributed by atoms with Crippen LogP contribution in [0, 0.1) is 11.3 Å². The quantitative estimate of drug-likeness (QED) is 0.632. The third-order valence-corrected chi connectivity index (χ3v) is 2.34. The maximum atomic E-state index is 11.2. The molecule has 70 valence electrons. The number of hydrogen-bond donors (Lipinski definition) is 1. The number of nitriles is 1. The van der Waals surface area contributed by atoms with Crippen LogP contribution in [0.1, 0.15) is 20.3 Å². The summed E-state index contributed by atoms with van der Waals surface area (Å²) in [7, 11) is 0. The lowest BCUT2D eigenvalue weighted by Crippen LogP contribution is -2.36. The first-order valence-corrected chi connectivity index (χ1v) is 4.27. The summed E-state index contributed by atoms with van der Waals surface area (Å²) in [5, 5.41) is 8.72. The standard InChI is InChI=1S/C9H13N3O/c1-3-8-9(11)7(4-10)5-12(8)6(2)13/h8H,3,5,11H2,1-2H3/t8-/m0/s1. The number of amides is 1. The SMILES string of the molecule is CC[C@H]1C(N)=C(C#N)CN1C(C)=O. The molecule has 0 saturated heterocycles. The molecule has 0 spiro atoms. The molecule has 4 nitrogen and oxygen atoms in total. The minimum atomic E-state index is -0.0767. The number of nitrogens with zero attached hydrogens (tertiary/aromatic N) is 2. The van der Waals surface area contributed by atoms with Crippen molar-refractivity contribution in [3.63, 3.8) is 0 Å². The maximum Gasteiger partial charge on any atom is 0.220 e. The second-order valence-corrected chi connectivity index (χ2v) is 3.12. The highest BCUT2D eigenvalue weighted by molar-refractivity contribution is 5.75. The van der Waals surface area contributed by atoms with E-state index in [2.05, 4.69) is 0 Å². The number of hydrogen-bond acceptors (Lipinski definition) is 3. The molecule has 0 aromatic carbocycles. The fourth-order valence-corrected chi connectivity index (χ4v) is 1.61. The molecule has 2 N–H and O–H groups in total. The summed E-state index contributed by atoms with van der Waals surface area (Å²) in [6, 6.07) is 1.95. The second kappa shape index (κ2) is 3.48. The molecule has 0 aliphatic carbocycles. The fraction of sp³-hybridized carbons (Fsp3) is 0.556. The summed E-state index contributed by atoms with van der Waals surface area (Å²) < 4.78 is 0. The van der Waals surface area contributed by atoms with Crippen molar-refractivity contribution in [2.45, 2.75) is 26.3 Å². The zero-order valence-electron chi connectivity index (χ0n) is 7.87. The smallest absolute Gasteiger partial charge is 0.220 e. The Bertz CT molecular complexity index is 300. The lowest BCUT2D eigenvalue weighted by atomic mass is 10.1. The molecule has 0 saturated carbocycles. The van der Waals surface area contributed by atoms with E-state index in [1.807, 2.05) is 13.0 Å². The molecular weight excluding hydrogens is 166 g/mol. The highest BCUT2D eigenvalue weighted by Gasteiger charge is 2.31. The van der Waals surface area contributed by atoms with Crippen LogP contribution in [-0.2, 0) is 4.79 Å². The Morgan fingerprint density at radius 1 is 1.85 bits per heavy atom. The Morgan fingerprint density at radius 2 is 2.46 bits per heavy atom. The summed E-state index contributed by atoms with van der Waals surface area (Å²) in [6.45, 7) is 3.82. The van der Waals surface area contributed by atoms with E-state index < -0.39 is 0 Å². The predicted octanol–water partition coefficient (Wildman–Crippen LogP) is 0.363. The van der Waals surface area contributed by atoms with Crippen molar-refractivity contribution in [2.24, 2.45) is 5.73 Å². The molecular formula is C9H13N3O. The van der Waals surface area contributed by atoms with Crippen LogP contribution >= 0.6 is 0 Å². The predicted molar refractivity (Wildman–Crippen MR) is 48.3 cm³/mol. The molecule has 13 heavy (non-hydrogen) atoms. The molecule has 0 aromatic rings. The van der Waals surface area contributed by atoms with Gasteiger partial charge in [-0.3, -0.25) is 4.79 Å². The van der Waals surface area contributed by atoms with E-state index in [4.69, 9.17) is 11.0 Å². The Morgan fingerprint density at radius 3 is 2.77 bits per heavy atom. The molecule has 1 aliphatic heterocycles. The van der Waals surface area contributed by atoms with Crippen molar-refractivity contribution in [1.29, 1.82) is 5.26 Å². The van der Waals surface area contributed by atoms with Crippen molar-refractivity contribution in [1.82, 2.24) is 4.90 Å². The lowest BCUT2D eigenvalue weighted by Gasteiger charge is -2.22. The van der Waals surface area contributed by atoms with Crippen LogP contribution < -0.4 is 5.73 Å². The molecule has 0 aromatic heterocycles. The first-order valence-electron chi connectivity index (χ1n) is 4.27. The van der Waals surface area contributed by atoms with E-state index in [9.17, 15) is 4.79 Å². The summed E-state index contributed by atoms with van der Waals surface area (Å²) in [4.78, 5) is 12.8. The second-order valence-electron chi connectivity index (χ2n) is 3.12. The summed E-state index contributed by atoms with van der Waals surface area (Å²) in [5.41, 5.74) is 6.82. The Labute approximate surface area is 77.6 Å². The van der Waals surface area contributed by atoms with Crippen LogP contribution in [-0.4, -0.2) is 23.4 Å². The van der Waals surface area contributed by atoms with Gasteiger partial charge in [0.2, 0.25) is 5.91 Å². The summed E-state index contributed by atoms with van der Waals surface area (Å²) in [5.74, 6) is -0.0277. The maximum absolute atomic E-state index is 11.2. The van der Waals surface area contributed by atoms with Crippen LogP contribution in [0.2, 0.25) is 0 Å². The van der Waals surface area contributed by atoms with Gasteiger partial charge in [0.1, 0.15) is 0 Å². The molecule has 0 radical (unpaired) electrons. The van der Waals surface area contributed by atoms with Crippen molar-refractivity contribution < 1.29 is 4.79 Å². The average molecular weight is 179 g/mol. The minimum absolute atomic E-state index is 0.0277. The van der Waals surface area contributed by atoms with Crippen LogP contribution in [0.15, 0.2) is 11.3 Å². The third kappa shape index (κ3) is 1.50. The highest BCUT2D eigenvalue weighted by atomic mass is 16.2. The van der Waals surface area contributed by atoms with E-state index in [-0.39, 0.29) is 11.9 Å². The Balaban J connectivity index is 2.92. The molecule has 0 bridgehead atoms. The van der Waals surface area contributed by atoms with E-state index in [0.717, 1.165) is 6.42 Å². The zero-order valence-corrected chi connectivity index (χ0v) is 7.87. The molecule has 1 amide bonds. The molecule has 0 unspecified atom stereocenters. The van der Waals surface area contributed by atoms with Gasteiger partial charge in [0, 0.05) is 12.6 Å². The van der Waals surface area contributed by atoms with Crippen molar-refractivity contribution in [2.75, 3.05) is 6.54 Å². The Kier molecular flexibility index (Phi) is 2.57. The summed E-state index contributed by atoms with van der Waals surface area (Å²) >= 11 is 0. The van der Waals surface area contributed by atoms with Crippen molar-refractivity contribution >= 4 is 5.91 Å². The number of nitrogens with two attached hydrogens (primary N) is 1. The minimum Gasteiger partial charge on any atom is -0.399 e. The van der Waals surface area contributed by atoms with Gasteiger partial charge < -0.3 is 10.6 Å². The molecule has 1 rings (SSSR count). The van der Waals surface area contributed by atoms with Gasteiger partial charge in [0.15, 0.2) is 0 Å². The monoisotopic (exact) mass is 179 g/mol. The zero-order chi connectivity index (χ0) is 10.0. The van der Waals surface area contributed by atoms with E-state index in [0.29, 0.717) is 17.8 Å². The first-order chi connectivity index (χ1) is 6.11. The van der Waals surface area contributed by atoms with E-state index in [1.165, 1.54) is 6.92 Å². The van der Waals surface area contributed by atoms with Crippen LogP contribution in [0.25, 0.3) is 0 Å². The van der Waals surface area contributed by atoms with Crippen LogP contribution in [0.5, 0.6) is 0 Å². The first kappa shape index (κ1) is 9.59. The van der Waals surface area contributed by atoms with Gasteiger partial charge in [-0.2, -0.15) is 5.26 Å². The number of rotatable bonds is 1. The average Bonchev–Trinajstić information content (AvgIpc) is 2.42. The normalized spacial score (nSPS) is 21.9. The fourth-order valence-electron chi connectivity index (χ4n) is 1.61. The lowest BCUT2D eigenvalue weighted by molar-refractivity contribution is -0.129. The van der Waals surface area contributed by atoms with Gasteiger partial charge in [-0.1, -0.05) is 6.92 Å². The molecule has 0 fully saturated rings. The van der Waals surface area contributed by atoms with E-state index in [1.54, 1.807) is 4.90 Å². The van der Waals surface area contributed by atoms with Gasteiger partial charge in [-0.15, -0.1) is 0 Å².